The number of rotatable bonds is 57. The number of allylic oxidation sites excluding steroid dienone is 4. The molecule has 0 saturated heterocycles. The van der Waals surface area contributed by atoms with Crippen LogP contribution < -0.4 is 0 Å². The number of carbonyl (C=O) groups is 3. The summed E-state index contributed by atoms with van der Waals surface area (Å²) in [5, 5.41) is 0. The van der Waals surface area contributed by atoms with Crippen molar-refractivity contribution in [3.8, 4) is 0 Å². The van der Waals surface area contributed by atoms with Gasteiger partial charge in [0.2, 0.25) is 0 Å². The molecule has 0 radical (unpaired) electrons. The third kappa shape index (κ3) is 56.7. The fourth-order valence-electron chi connectivity index (χ4n) is 9.26. The first kappa shape index (κ1) is 66.9. The van der Waals surface area contributed by atoms with Crippen molar-refractivity contribution in [1.82, 2.24) is 0 Å². The largest absolute Gasteiger partial charge is 0.462 e. The van der Waals surface area contributed by atoms with Crippen LogP contribution in [0, 0.1) is 0 Å². The van der Waals surface area contributed by atoms with Crippen LogP contribution >= 0.6 is 0 Å². The fourth-order valence-corrected chi connectivity index (χ4v) is 9.26. The average molecular weight is 972 g/mol. The lowest BCUT2D eigenvalue weighted by Gasteiger charge is -2.18. The smallest absolute Gasteiger partial charge is 0.306 e. The van der Waals surface area contributed by atoms with Crippen molar-refractivity contribution in [2.24, 2.45) is 0 Å². The Morgan fingerprint density at radius 1 is 0.275 bits per heavy atom. The Kier molecular flexibility index (Phi) is 56.7. The highest BCUT2D eigenvalue weighted by atomic mass is 16.6. The van der Waals surface area contributed by atoms with Gasteiger partial charge in [0.05, 0.1) is 0 Å². The summed E-state index contributed by atoms with van der Waals surface area (Å²) < 4.78 is 16.9. The fraction of sp³-hybridized carbons (Fsp3) is 0.889. The summed E-state index contributed by atoms with van der Waals surface area (Å²) in [6.07, 6.45) is 68.9. The molecule has 0 heterocycles. The molecular formula is C63H118O6. The third-order valence-electron chi connectivity index (χ3n) is 13.9. The minimum absolute atomic E-state index is 0.0704. The molecule has 0 aromatic carbocycles. The summed E-state index contributed by atoms with van der Waals surface area (Å²) >= 11 is 0. The Morgan fingerprint density at radius 2 is 0.478 bits per heavy atom. The lowest BCUT2D eigenvalue weighted by atomic mass is 10.0. The standard InChI is InChI=1S/C63H118O6/c1-4-7-10-13-16-19-22-25-27-29-31-33-35-38-40-43-46-49-52-55-61(64)67-58-60(69-63(66)57-54-51-48-45-42-37-24-21-18-15-12-9-6-3)59-68-62(65)56-53-50-47-44-41-39-36-34-32-30-28-26-23-20-17-14-11-8-5-2/h21,24-25,27,60H,4-20,22-23,26,28-59H2,1-3H3/b24-21-,27-25-/t60-/m1/s1. The number of hydrogen-bond acceptors (Lipinski definition) is 6. The predicted molar refractivity (Wildman–Crippen MR) is 298 cm³/mol. The van der Waals surface area contributed by atoms with Gasteiger partial charge in [-0.1, -0.05) is 276 Å². The minimum Gasteiger partial charge on any atom is -0.462 e. The van der Waals surface area contributed by atoms with Crippen LogP contribution in [-0.2, 0) is 28.6 Å². The SMILES string of the molecule is CCCCCC/C=C\CCCCCCCC(=O)O[C@H](COC(=O)CCCCCCCCCCC/C=C\CCCCCCCC)COC(=O)CCCCCCCCCCCCCCCCCCCCC. The molecule has 0 fully saturated rings. The van der Waals surface area contributed by atoms with Gasteiger partial charge in [0.1, 0.15) is 13.2 Å². The molecule has 0 unspecified atom stereocenters. The Morgan fingerprint density at radius 3 is 0.739 bits per heavy atom. The summed E-state index contributed by atoms with van der Waals surface area (Å²) in [4.78, 5) is 38.2. The van der Waals surface area contributed by atoms with Crippen molar-refractivity contribution in [2.45, 2.75) is 348 Å². The van der Waals surface area contributed by atoms with E-state index in [1.807, 2.05) is 0 Å². The van der Waals surface area contributed by atoms with Crippen molar-refractivity contribution < 1.29 is 28.6 Å². The van der Waals surface area contributed by atoms with Gasteiger partial charge in [-0.15, -0.1) is 0 Å². The van der Waals surface area contributed by atoms with E-state index in [1.165, 1.54) is 238 Å². The quantitative estimate of drug-likeness (QED) is 0.0261. The normalized spacial score (nSPS) is 12.1. The second-order valence-corrected chi connectivity index (χ2v) is 21.0. The van der Waals surface area contributed by atoms with Crippen LogP contribution in [0.2, 0.25) is 0 Å². The van der Waals surface area contributed by atoms with Gasteiger partial charge < -0.3 is 14.2 Å². The van der Waals surface area contributed by atoms with Crippen molar-refractivity contribution in [2.75, 3.05) is 13.2 Å². The van der Waals surface area contributed by atoms with Crippen molar-refractivity contribution in [3.05, 3.63) is 24.3 Å². The van der Waals surface area contributed by atoms with E-state index in [9.17, 15) is 14.4 Å². The first-order chi connectivity index (χ1) is 34.0. The van der Waals surface area contributed by atoms with Crippen LogP contribution in [0.4, 0.5) is 0 Å². The number of unbranched alkanes of at least 4 members (excludes halogenated alkanes) is 42. The highest BCUT2D eigenvalue weighted by molar-refractivity contribution is 5.71. The molecule has 69 heavy (non-hydrogen) atoms. The van der Waals surface area contributed by atoms with Gasteiger partial charge in [-0.3, -0.25) is 14.4 Å². The first-order valence-corrected chi connectivity index (χ1v) is 30.8. The van der Waals surface area contributed by atoms with Gasteiger partial charge >= 0.3 is 17.9 Å². The molecule has 6 nitrogen and oxygen atoms in total. The van der Waals surface area contributed by atoms with Crippen molar-refractivity contribution in [3.63, 3.8) is 0 Å². The molecular weight excluding hydrogens is 853 g/mol. The second-order valence-electron chi connectivity index (χ2n) is 21.0. The zero-order valence-electron chi connectivity index (χ0n) is 46.6. The van der Waals surface area contributed by atoms with Crippen LogP contribution in [0.1, 0.15) is 342 Å². The van der Waals surface area contributed by atoms with Crippen LogP contribution in [0.3, 0.4) is 0 Å². The zero-order valence-corrected chi connectivity index (χ0v) is 46.6. The van der Waals surface area contributed by atoms with E-state index < -0.39 is 6.10 Å². The van der Waals surface area contributed by atoms with Crippen LogP contribution in [-0.4, -0.2) is 37.2 Å². The van der Waals surface area contributed by atoms with E-state index in [0.717, 1.165) is 64.2 Å². The van der Waals surface area contributed by atoms with Crippen LogP contribution in [0.15, 0.2) is 24.3 Å². The molecule has 0 N–H and O–H groups in total. The predicted octanol–water partition coefficient (Wildman–Crippen LogP) is 20.7. The number of hydrogen-bond donors (Lipinski definition) is 0. The van der Waals surface area contributed by atoms with E-state index in [2.05, 4.69) is 45.1 Å². The minimum atomic E-state index is -0.773. The van der Waals surface area contributed by atoms with Crippen LogP contribution in [0.25, 0.3) is 0 Å². The van der Waals surface area contributed by atoms with E-state index in [1.54, 1.807) is 0 Å². The molecule has 0 spiro atoms. The zero-order chi connectivity index (χ0) is 50.0. The average Bonchev–Trinajstić information content (AvgIpc) is 3.35. The van der Waals surface area contributed by atoms with Crippen LogP contribution in [0.5, 0.6) is 0 Å². The van der Waals surface area contributed by atoms with Gasteiger partial charge in [-0.25, -0.2) is 0 Å². The third-order valence-corrected chi connectivity index (χ3v) is 13.9. The maximum atomic E-state index is 12.9. The molecule has 0 bridgehead atoms. The number of ether oxygens (including phenoxy) is 3. The summed E-state index contributed by atoms with van der Waals surface area (Å²) in [5.41, 5.74) is 0. The van der Waals surface area contributed by atoms with Crippen molar-refractivity contribution in [1.29, 1.82) is 0 Å². The molecule has 0 rings (SSSR count). The Hall–Kier alpha value is -2.11. The van der Waals surface area contributed by atoms with Gasteiger partial charge in [-0.2, -0.15) is 0 Å². The van der Waals surface area contributed by atoms with Gasteiger partial charge in [0, 0.05) is 19.3 Å². The number of carbonyl (C=O) groups excluding carboxylic acids is 3. The molecule has 0 aromatic rings. The molecule has 0 aliphatic heterocycles. The maximum Gasteiger partial charge on any atom is 0.306 e. The highest BCUT2D eigenvalue weighted by Gasteiger charge is 2.19. The second kappa shape index (κ2) is 58.5. The summed E-state index contributed by atoms with van der Waals surface area (Å²) in [6.45, 7) is 6.67. The molecule has 6 heteroatoms. The Balaban J connectivity index is 4.28. The van der Waals surface area contributed by atoms with Crippen molar-refractivity contribution >= 4 is 17.9 Å². The molecule has 0 aliphatic rings. The molecule has 0 amide bonds. The van der Waals surface area contributed by atoms with E-state index in [-0.39, 0.29) is 31.1 Å². The Bertz CT molecular complexity index is 1110. The van der Waals surface area contributed by atoms with E-state index in [0.29, 0.717) is 19.3 Å². The van der Waals surface area contributed by atoms with Gasteiger partial charge in [0.25, 0.3) is 0 Å². The first-order valence-electron chi connectivity index (χ1n) is 30.8. The van der Waals surface area contributed by atoms with E-state index in [4.69, 9.17) is 14.2 Å². The maximum absolute atomic E-state index is 12.9. The number of esters is 3. The molecule has 406 valence electrons. The molecule has 0 aliphatic carbocycles. The van der Waals surface area contributed by atoms with E-state index >= 15 is 0 Å². The summed E-state index contributed by atoms with van der Waals surface area (Å²) in [6, 6.07) is 0. The molecule has 1 atom stereocenters. The summed E-state index contributed by atoms with van der Waals surface area (Å²) in [5.74, 6) is -0.858. The topological polar surface area (TPSA) is 78.9 Å². The molecule has 0 saturated carbocycles. The van der Waals surface area contributed by atoms with Gasteiger partial charge in [-0.05, 0) is 70.6 Å². The monoisotopic (exact) mass is 971 g/mol. The van der Waals surface area contributed by atoms with Gasteiger partial charge in [0.15, 0.2) is 6.10 Å². The summed E-state index contributed by atoms with van der Waals surface area (Å²) in [7, 11) is 0. The lowest BCUT2D eigenvalue weighted by Crippen LogP contribution is -2.30. The molecule has 0 aromatic heterocycles. The highest BCUT2D eigenvalue weighted by Crippen LogP contribution is 2.17. The lowest BCUT2D eigenvalue weighted by molar-refractivity contribution is -0.167. The Labute approximate surface area is 430 Å².